The average Bonchev–Trinajstić information content (AvgIpc) is 2.30. The molecule has 0 unspecified atom stereocenters. The summed E-state index contributed by atoms with van der Waals surface area (Å²) in [5.74, 6) is -1.25. The number of methoxy groups -OCH3 is 1. The standard InChI is InChI=1S/C13H19F2NO.ClH/c1-3-4-5-6-10(16)12-9(14)7-8-11(17-2)13(12)15;/h7-8,10H,3-6,16H2,1-2H3;1H/t10-;/m1./s1. The highest BCUT2D eigenvalue weighted by atomic mass is 35.5. The van der Waals surface area contributed by atoms with Gasteiger partial charge in [-0.15, -0.1) is 12.4 Å². The van der Waals surface area contributed by atoms with Crippen LogP contribution in [0.25, 0.3) is 0 Å². The largest absolute Gasteiger partial charge is 0.494 e. The third-order valence-corrected chi connectivity index (χ3v) is 2.80. The molecular weight excluding hydrogens is 260 g/mol. The van der Waals surface area contributed by atoms with Gasteiger partial charge in [0.25, 0.3) is 0 Å². The van der Waals surface area contributed by atoms with E-state index in [0.717, 1.165) is 19.3 Å². The van der Waals surface area contributed by atoms with Gasteiger partial charge in [0.05, 0.1) is 7.11 Å². The Bertz CT molecular complexity index is 374. The van der Waals surface area contributed by atoms with Gasteiger partial charge in [0.15, 0.2) is 11.6 Å². The summed E-state index contributed by atoms with van der Waals surface area (Å²) < 4.78 is 32.2. The van der Waals surface area contributed by atoms with Crippen molar-refractivity contribution in [2.45, 2.75) is 38.6 Å². The van der Waals surface area contributed by atoms with Crippen molar-refractivity contribution in [3.8, 4) is 5.75 Å². The van der Waals surface area contributed by atoms with Crippen molar-refractivity contribution in [3.05, 3.63) is 29.3 Å². The van der Waals surface area contributed by atoms with E-state index in [1.807, 2.05) is 0 Å². The number of unbranched alkanes of at least 4 members (excludes halogenated alkanes) is 2. The van der Waals surface area contributed by atoms with Crippen molar-refractivity contribution in [3.63, 3.8) is 0 Å². The van der Waals surface area contributed by atoms with Gasteiger partial charge in [-0.05, 0) is 18.6 Å². The summed E-state index contributed by atoms with van der Waals surface area (Å²) in [5, 5.41) is 0. The predicted octanol–water partition coefficient (Wildman–Crippen LogP) is 3.98. The first kappa shape index (κ1) is 17.1. The highest BCUT2D eigenvalue weighted by Crippen LogP contribution is 2.29. The lowest BCUT2D eigenvalue weighted by molar-refractivity contribution is 0.376. The second kappa shape index (κ2) is 8.27. The van der Waals surface area contributed by atoms with Crippen molar-refractivity contribution in [2.75, 3.05) is 7.11 Å². The Labute approximate surface area is 113 Å². The highest BCUT2D eigenvalue weighted by Gasteiger charge is 2.19. The van der Waals surface area contributed by atoms with E-state index in [2.05, 4.69) is 6.92 Å². The van der Waals surface area contributed by atoms with E-state index in [9.17, 15) is 8.78 Å². The van der Waals surface area contributed by atoms with E-state index in [1.54, 1.807) is 0 Å². The van der Waals surface area contributed by atoms with Crippen LogP contribution in [0.3, 0.4) is 0 Å². The minimum Gasteiger partial charge on any atom is -0.494 e. The van der Waals surface area contributed by atoms with Crippen LogP contribution in [0.15, 0.2) is 12.1 Å². The molecule has 1 rings (SSSR count). The van der Waals surface area contributed by atoms with Crippen LogP contribution in [0.1, 0.15) is 44.2 Å². The fraction of sp³-hybridized carbons (Fsp3) is 0.538. The lowest BCUT2D eigenvalue weighted by Gasteiger charge is -2.15. The number of benzene rings is 1. The van der Waals surface area contributed by atoms with E-state index in [-0.39, 0.29) is 23.7 Å². The van der Waals surface area contributed by atoms with Crippen molar-refractivity contribution in [1.29, 1.82) is 0 Å². The zero-order valence-corrected chi connectivity index (χ0v) is 11.5. The maximum Gasteiger partial charge on any atom is 0.172 e. The second-order valence-electron chi connectivity index (χ2n) is 4.08. The Morgan fingerprint density at radius 2 is 1.94 bits per heavy atom. The van der Waals surface area contributed by atoms with Gasteiger partial charge >= 0.3 is 0 Å². The minimum absolute atomic E-state index is 0. The molecule has 2 nitrogen and oxygen atoms in total. The normalized spacial score (nSPS) is 11.8. The quantitative estimate of drug-likeness (QED) is 0.800. The zero-order valence-electron chi connectivity index (χ0n) is 10.7. The SMILES string of the molecule is CCCCC[C@@H](N)c1c(F)ccc(OC)c1F.Cl. The Kier molecular flexibility index (Phi) is 7.87. The lowest BCUT2D eigenvalue weighted by Crippen LogP contribution is -2.14. The van der Waals surface area contributed by atoms with E-state index in [4.69, 9.17) is 10.5 Å². The molecule has 104 valence electrons. The van der Waals surface area contributed by atoms with Crippen molar-refractivity contribution < 1.29 is 13.5 Å². The van der Waals surface area contributed by atoms with Crippen LogP contribution in [0.2, 0.25) is 0 Å². The molecule has 0 bridgehead atoms. The lowest BCUT2D eigenvalue weighted by atomic mass is 10.00. The smallest absolute Gasteiger partial charge is 0.172 e. The maximum atomic E-state index is 13.8. The van der Waals surface area contributed by atoms with Crippen molar-refractivity contribution in [1.82, 2.24) is 0 Å². The first-order valence-corrected chi connectivity index (χ1v) is 5.89. The van der Waals surface area contributed by atoms with E-state index < -0.39 is 17.7 Å². The van der Waals surface area contributed by atoms with Gasteiger partial charge in [0.2, 0.25) is 0 Å². The molecule has 0 aliphatic heterocycles. The van der Waals surface area contributed by atoms with Crippen LogP contribution in [-0.4, -0.2) is 7.11 Å². The molecule has 1 aromatic rings. The zero-order chi connectivity index (χ0) is 12.8. The molecular formula is C13H20ClF2NO. The molecule has 0 aliphatic rings. The van der Waals surface area contributed by atoms with Gasteiger partial charge in [0.1, 0.15) is 5.82 Å². The van der Waals surface area contributed by atoms with Gasteiger partial charge in [-0.1, -0.05) is 26.2 Å². The Balaban J connectivity index is 0.00000289. The van der Waals surface area contributed by atoms with Crippen LogP contribution in [0.5, 0.6) is 5.75 Å². The Morgan fingerprint density at radius 3 is 2.50 bits per heavy atom. The summed E-state index contributed by atoms with van der Waals surface area (Å²) in [6, 6.07) is 1.85. The molecule has 0 heterocycles. The van der Waals surface area contributed by atoms with Crippen LogP contribution in [0.4, 0.5) is 8.78 Å². The fourth-order valence-electron chi connectivity index (χ4n) is 1.81. The Morgan fingerprint density at radius 1 is 1.28 bits per heavy atom. The van der Waals surface area contributed by atoms with Gasteiger partial charge < -0.3 is 10.5 Å². The highest BCUT2D eigenvalue weighted by molar-refractivity contribution is 5.85. The molecule has 0 radical (unpaired) electrons. The van der Waals surface area contributed by atoms with Crippen molar-refractivity contribution >= 4 is 12.4 Å². The minimum atomic E-state index is -0.684. The monoisotopic (exact) mass is 279 g/mol. The summed E-state index contributed by atoms with van der Waals surface area (Å²) in [5.41, 5.74) is 5.76. The van der Waals surface area contributed by atoms with Crippen LogP contribution in [-0.2, 0) is 0 Å². The first-order chi connectivity index (χ1) is 8.11. The molecule has 18 heavy (non-hydrogen) atoms. The number of ether oxygens (including phenoxy) is 1. The molecule has 0 saturated carbocycles. The second-order valence-corrected chi connectivity index (χ2v) is 4.08. The molecule has 0 amide bonds. The Hall–Kier alpha value is -0.870. The first-order valence-electron chi connectivity index (χ1n) is 5.89. The fourth-order valence-corrected chi connectivity index (χ4v) is 1.81. The van der Waals surface area contributed by atoms with Crippen LogP contribution in [0, 0.1) is 11.6 Å². The molecule has 0 aliphatic carbocycles. The van der Waals surface area contributed by atoms with E-state index >= 15 is 0 Å². The van der Waals surface area contributed by atoms with E-state index in [1.165, 1.54) is 19.2 Å². The number of halogens is 3. The number of nitrogens with two attached hydrogens (primary N) is 1. The van der Waals surface area contributed by atoms with E-state index in [0.29, 0.717) is 6.42 Å². The topological polar surface area (TPSA) is 35.2 Å². The number of hydrogen-bond donors (Lipinski definition) is 1. The van der Waals surface area contributed by atoms with Gasteiger partial charge in [-0.3, -0.25) is 0 Å². The molecule has 1 aromatic carbocycles. The summed E-state index contributed by atoms with van der Waals surface area (Å²) in [6.45, 7) is 2.07. The van der Waals surface area contributed by atoms with Crippen LogP contribution >= 0.6 is 12.4 Å². The molecule has 0 fully saturated rings. The third kappa shape index (κ3) is 4.10. The molecule has 0 saturated heterocycles. The van der Waals surface area contributed by atoms with Crippen LogP contribution < -0.4 is 10.5 Å². The summed E-state index contributed by atoms with van der Waals surface area (Å²) in [4.78, 5) is 0. The summed E-state index contributed by atoms with van der Waals surface area (Å²) in [7, 11) is 1.35. The molecule has 0 aromatic heterocycles. The molecule has 2 N–H and O–H groups in total. The molecule has 5 heteroatoms. The third-order valence-electron chi connectivity index (χ3n) is 2.80. The summed E-state index contributed by atoms with van der Waals surface area (Å²) >= 11 is 0. The molecule has 1 atom stereocenters. The molecule has 0 spiro atoms. The predicted molar refractivity (Wildman–Crippen MR) is 71.2 cm³/mol. The number of rotatable bonds is 6. The number of hydrogen-bond acceptors (Lipinski definition) is 2. The maximum absolute atomic E-state index is 13.8. The van der Waals surface area contributed by atoms with Gasteiger partial charge in [0, 0.05) is 11.6 Å². The van der Waals surface area contributed by atoms with Gasteiger partial charge in [-0.25, -0.2) is 8.78 Å². The summed E-state index contributed by atoms with van der Waals surface area (Å²) in [6.07, 6.45) is 3.51. The average molecular weight is 280 g/mol. The van der Waals surface area contributed by atoms with Gasteiger partial charge in [-0.2, -0.15) is 0 Å². The van der Waals surface area contributed by atoms with Crippen molar-refractivity contribution in [2.24, 2.45) is 5.73 Å².